The zero-order valence-electron chi connectivity index (χ0n) is 6.57. The molecule has 0 aliphatic rings. The summed E-state index contributed by atoms with van der Waals surface area (Å²) in [6.07, 6.45) is 1.60. The Morgan fingerprint density at radius 2 is 2.23 bits per heavy atom. The third-order valence-corrected chi connectivity index (χ3v) is 2.60. The van der Waals surface area contributed by atoms with Crippen molar-refractivity contribution in [3.63, 3.8) is 0 Å². The van der Waals surface area contributed by atoms with Crippen LogP contribution in [0.1, 0.15) is 0 Å². The molecule has 0 radical (unpaired) electrons. The van der Waals surface area contributed by atoms with E-state index in [9.17, 15) is 0 Å². The van der Waals surface area contributed by atoms with E-state index < -0.39 is 0 Å². The number of anilines is 1. The van der Waals surface area contributed by atoms with Gasteiger partial charge in [0, 0.05) is 0 Å². The van der Waals surface area contributed by atoms with Gasteiger partial charge in [0.05, 0.1) is 6.20 Å². The van der Waals surface area contributed by atoms with E-state index in [-0.39, 0.29) is 0 Å². The Hall–Kier alpha value is -1.13. The maximum absolute atomic E-state index is 5.75. The lowest BCUT2D eigenvalue weighted by Crippen LogP contribution is -1.90. The summed E-state index contributed by atoms with van der Waals surface area (Å²) >= 11 is 7.13. The van der Waals surface area contributed by atoms with E-state index in [2.05, 4.69) is 9.97 Å². The van der Waals surface area contributed by atoms with Crippen LogP contribution in [0.5, 0.6) is 0 Å². The molecule has 2 aromatic rings. The molecule has 0 spiro atoms. The fourth-order valence-electron chi connectivity index (χ4n) is 0.943. The summed E-state index contributed by atoms with van der Waals surface area (Å²) in [4.78, 5) is 8.22. The highest BCUT2D eigenvalue weighted by Gasteiger charge is 2.04. The number of nitrogen functional groups attached to an aromatic ring is 1. The molecule has 2 heterocycles. The highest BCUT2D eigenvalue weighted by Crippen LogP contribution is 2.26. The van der Waals surface area contributed by atoms with Gasteiger partial charge in [0.2, 0.25) is 0 Å². The fraction of sp³-hybridized carbons (Fsp3) is 0. The van der Waals surface area contributed by atoms with Crippen LogP contribution in [-0.4, -0.2) is 9.97 Å². The number of aromatic nitrogens is 2. The third kappa shape index (κ3) is 1.79. The van der Waals surface area contributed by atoms with Gasteiger partial charge in [-0.25, -0.2) is 9.97 Å². The highest BCUT2D eigenvalue weighted by molar-refractivity contribution is 7.18. The van der Waals surface area contributed by atoms with E-state index >= 15 is 0 Å². The van der Waals surface area contributed by atoms with E-state index in [0.29, 0.717) is 10.2 Å². The van der Waals surface area contributed by atoms with Crippen LogP contribution in [0, 0.1) is 0 Å². The van der Waals surface area contributed by atoms with Gasteiger partial charge in [-0.2, -0.15) is 0 Å². The van der Waals surface area contributed by atoms with Crippen LogP contribution in [-0.2, 0) is 0 Å². The summed E-state index contributed by atoms with van der Waals surface area (Å²) in [6.45, 7) is 0. The number of pyridine rings is 1. The first-order valence-electron chi connectivity index (χ1n) is 3.60. The van der Waals surface area contributed by atoms with Crippen LogP contribution in [0.2, 0.25) is 4.34 Å². The van der Waals surface area contributed by atoms with Gasteiger partial charge >= 0.3 is 0 Å². The Morgan fingerprint density at radius 3 is 2.85 bits per heavy atom. The average Bonchev–Trinajstić information content (AvgIpc) is 2.52. The minimum Gasteiger partial charge on any atom is -0.384 e. The zero-order chi connectivity index (χ0) is 9.26. The van der Waals surface area contributed by atoms with Crippen molar-refractivity contribution in [2.75, 3.05) is 5.73 Å². The van der Waals surface area contributed by atoms with E-state index in [0.717, 1.165) is 10.7 Å². The van der Waals surface area contributed by atoms with E-state index in [1.807, 2.05) is 12.1 Å². The summed E-state index contributed by atoms with van der Waals surface area (Å²) in [5.41, 5.74) is 6.30. The summed E-state index contributed by atoms with van der Waals surface area (Å²) in [5.74, 6) is 0.490. The largest absolute Gasteiger partial charge is 0.384 e. The Morgan fingerprint density at radius 1 is 1.38 bits per heavy atom. The lowest BCUT2D eigenvalue weighted by Gasteiger charge is -1.95. The number of rotatable bonds is 1. The quantitative estimate of drug-likeness (QED) is 0.788. The van der Waals surface area contributed by atoms with Gasteiger partial charge in [0.15, 0.2) is 0 Å². The molecule has 0 atom stereocenters. The second-order valence-electron chi connectivity index (χ2n) is 2.42. The number of hydrogen-bond donors (Lipinski definition) is 1. The topological polar surface area (TPSA) is 51.8 Å². The van der Waals surface area contributed by atoms with Gasteiger partial charge in [0.25, 0.3) is 0 Å². The van der Waals surface area contributed by atoms with Crippen molar-refractivity contribution in [1.82, 2.24) is 9.97 Å². The smallest absolute Gasteiger partial charge is 0.143 e. The average molecular weight is 212 g/mol. The van der Waals surface area contributed by atoms with Crippen molar-refractivity contribution in [1.29, 1.82) is 0 Å². The van der Waals surface area contributed by atoms with Gasteiger partial charge in [-0.15, -0.1) is 11.3 Å². The zero-order valence-corrected chi connectivity index (χ0v) is 8.14. The molecule has 0 amide bonds. The second-order valence-corrected chi connectivity index (χ2v) is 4.08. The maximum Gasteiger partial charge on any atom is 0.143 e. The van der Waals surface area contributed by atoms with Crippen molar-refractivity contribution >= 4 is 28.8 Å². The van der Waals surface area contributed by atoms with Crippen molar-refractivity contribution in [2.24, 2.45) is 0 Å². The first-order valence-corrected chi connectivity index (χ1v) is 4.79. The van der Waals surface area contributed by atoms with Crippen LogP contribution in [0.3, 0.4) is 0 Å². The van der Waals surface area contributed by atoms with Crippen molar-refractivity contribution in [3.05, 3.63) is 28.7 Å². The molecule has 2 rings (SSSR count). The van der Waals surface area contributed by atoms with Crippen LogP contribution in [0.15, 0.2) is 24.4 Å². The number of hydrogen-bond acceptors (Lipinski definition) is 4. The summed E-state index contributed by atoms with van der Waals surface area (Å²) < 4.78 is 0.652. The lowest BCUT2D eigenvalue weighted by atomic mass is 10.3. The van der Waals surface area contributed by atoms with Crippen LogP contribution in [0.4, 0.5) is 5.82 Å². The summed E-state index contributed by atoms with van der Waals surface area (Å²) in [6, 6.07) is 5.43. The molecule has 0 bridgehead atoms. The molecule has 66 valence electrons. The Labute approximate surface area is 84.2 Å². The van der Waals surface area contributed by atoms with Gasteiger partial charge in [-0.3, -0.25) is 0 Å². The molecule has 0 fully saturated rings. The van der Waals surface area contributed by atoms with Crippen LogP contribution < -0.4 is 5.73 Å². The first-order chi connectivity index (χ1) is 6.25. The lowest BCUT2D eigenvalue weighted by molar-refractivity contribution is 1.30. The molecule has 0 saturated carbocycles. The van der Waals surface area contributed by atoms with Crippen molar-refractivity contribution < 1.29 is 0 Å². The summed E-state index contributed by atoms with van der Waals surface area (Å²) in [5, 5.41) is 0.789. The summed E-state index contributed by atoms with van der Waals surface area (Å²) in [7, 11) is 0. The highest BCUT2D eigenvalue weighted by atomic mass is 35.5. The number of nitrogens with zero attached hydrogens (tertiary/aromatic N) is 2. The minimum atomic E-state index is 0.490. The molecule has 0 saturated heterocycles. The van der Waals surface area contributed by atoms with Gasteiger partial charge in [0.1, 0.15) is 20.9 Å². The molecule has 13 heavy (non-hydrogen) atoms. The molecular formula is C8H6ClN3S. The second kappa shape index (κ2) is 3.32. The van der Waals surface area contributed by atoms with Gasteiger partial charge < -0.3 is 5.73 Å². The Bertz CT molecular complexity index is 427. The van der Waals surface area contributed by atoms with E-state index in [4.69, 9.17) is 17.3 Å². The fourth-order valence-corrected chi connectivity index (χ4v) is 1.83. The molecular weight excluding hydrogens is 206 g/mol. The standard InChI is InChI=1S/C8H6ClN3S/c9-6-4-11-8(13-6)5-2-1-3-7(10)12-5/h1-4H,(H2,10,12). The Balaban J connectivity index is 2.46. The predicted octanol–water partition coefficient (Wildman–Crippen LogP) is 2.44. The Kier molecular flexibility index (Phi) is 2.16. The molecule has 3 nitrogen and oxygen atoms in total. The number of halogens is 1. The van der Waals surface area contributed by atoms with Gasteiger partial charge in [-0.1, -0.05) is 17.7 Å². The molecule has 0 aromatic carbocycles. The number of thiazole rings is 1. The van der Waals surface area contributed by atoms with E-state index in [1.54, 1.807) is 12.3 Å². The van der Waals surface area contributed by atoms with E-state index in [1.165, 1.54) is 11.3 Å². The monoisotopic (exact) mass is 211 g/mol. The van der Waals surface area contributed by atoms with Gasteiger partial charge in [-0.05, 0) is 12.1 Å². The minimum absolute atomic E-state index is 0.490. The molecule has 2 aromatic heterocycles. The molecule has 2 N–H and O–H groups in total. The SMILES string of the molecule is Nc1cccc(-c2ncc(Cl)s2)n1. The number of nitrogens with two attached hydrogens (primary N) is 1. The molecule has 0 unspecified atom stereocenters. The van der Waals surface area contributed by atoms with Crippen molar-refractivity contribution in [3.8, 4) is 10.7 Å². The molecule has 0 aliphatic carbocycles. The van der Waals surface area contributed by atoms with Crippen LogP contribution >= 0.6 is 22.9 Å². The van der Waals surface area contributed by atoms with Crippen molar-refractivity contribution in [2.45, 2.75) is 0 Å². The third-order valence-electron chi connectivity index (χ3n) is 1.47. The maximum atomic E-state index is 5.75. The predicted molar refractivity (Wildman–Crippen MR) is 54.8 cm³/mol. The molecule has 5 heteroatoms. The normalized spacial score (nSPS) is 10.2. The first kappa shape index (κ1) is 8.47. The van der Waals surface area contributed by atoms with Crippen LogP contribution in [0.25, 0.3) is 10.7 Å². The molecule has 0 aliphatic heterocycles.